The highest BCUT2D eigenvalue weighted by atomic mass is 16.4. The van der Waals surface area contributed by atoms with Crippen molar-refractivity contribution in [2.75, 3.05) is 0 Å². The van der Waals surface area contributed by atoms with E-state index < -0.39 is 23.3 Å². The number of nitrogens with one attached hydrogen (secondary N) is 2. The van der Waals surface area contributed by atoms with E-state index in [1.165, 1.54) is 13.8 Å². The van der Waals surface area contributed by atoms with Crippen LogP contribution in [-0.4, -0.2) is 37.6 Å². The van der Waals surface area contributed by atoms with E-state index in [1.807, 2.05) is 0 Å². The van der Waals surface area contributed by atoms with Crippen molar-refractivity contribution in [2.45, 2.75) is 26.8 Å². The van der Waals surface area contributed by atoms with Gasteiger partial charge in [0.15, 0.2) is 5.82 Å². The molecule has 0 bridgehead atoms. The van der Waals surface area contributed by atoms with Crippen molar-refractivity contribution in [3.8, 4) is 0 Å². The lowest BCUT2D eigenvalue weighted by Crippen LogP contribution is -2.43. The Hall–Kier alpha value is -1.99. The number of carbonyl (C=O) groups is 2. The Kier molecular flexibility index (Phi) is 3.21. The summed E-state index contributed by atoms with van der Waals surface area (Å²) in [7, 11) is 0. The highest BCUT2D eigenvalue weighted by Crippen LogP contribution is 2.17. The van der Waals surface area contributed by atoms with E-state index in [1.54, 1.807) is 6.92 Å². The van der Waals surface area contributed by atoms with Crippen LogP contribution >= 0.6 is 0 Å². The van der Waals surface area contributed by atoms with E-state index in [-0.39, 0.29) is 0 Å². The Balaban J connectivity index is 2.69. The van der Waals surface area contributed by atoms with Gasteiger partial charge in [-0.1, -0.05) is 5.21 Å². The minimum Gasteiger partial charge on any atom is -0.480 e. The Bertz CT molecular complexity index is 386. The maximum Gasteiger partial charge on any atom is 0.318 e. The first-order chi connectivity index (χ1) is 7.35. The summed E-state index contributed by atoms with van der Waals surface area (Å²) in [6.45, 7) is 4.29. The third kappa shape index (κ3) is 2.33. The average Bonchev–Trinajstić information content (AvgIpc) is 2.69. The molecule has 0 saturated carbocycles. The van der Waals surface area contributed by atoms with Crippen LogP contribution in [0.15, 0.2) is 0 Å². The number of amides is 1. The van der Waals surface area contributed by atoms with Crippen LogP contribution in [0.1, 0.15) is 32.6 Å². The molecule has 1 rings (SSSR count). The lowest BCUT2D eigenvalue weighted by atomic mass is 9.92. The monoisotopic (exact) mass is 227 g/mol. The molecule has 16 heavy (non-hydrogen) atoms. The Morgan fingerprint density at radius 1 is 1.50 bits per heavy atom. The van der Waals surface area contributed by atoms with E-state index in [2.05, 4.69) is 25.9 Å². The Labute approximate surface area is 91.4 Å². The normalized spacial score (nSPS) is 13.2. The SMILES string of the molecule is CC(NC(=O)C(C)(C)C(=O)O)c1nn[nH]n1. The van der Waals surface area contributed by atoms with Gasteiger partial charge in [-0.2, -0.15) is 5.21 Å². The van der Waals surface area contributed by atoms with Gasteiger partial charge >= 0.3 is 5.97 Å². The zero-order valence-corrected chi connectivity index (χ0v) is 9.18. The molecule has 1 aromatic heterocycles. The number of nitrogens with zero attached hydrogens (tertiary/aromatic N) is 3. The molecule has 0 fully saturated rings. The average molecular weight is 227 g/mol. The molecule has 1 heterocycles. The number of hydrogen-bond acceptors (Lipinski definition) is 5. The van der Waals surface area contributed by atoms with Crippen molar-refractivity contribution in [2.24, 2.45) is 5.41 Å². The van der Waals surface area contributed by atoms with Gasteiger partial charge in [-0.25, -0.2) is 0 Å². The molecule has 3 N–H and O–H groups in total. The molecule has 1 amide bonds. The third-order valence-electron chi connectivity index (χ3n) is 2.20. The van der Waals surface area contributed by atoms with Gasteiger partial charge in [0, 0.05) is 0 Å². The Morgan fingerprint density at radius 2 is 2.12 bits per heavy atom. The molecule has 0 radical (unpaired) electrons. The molecule has 1 unspecified atom stereocenters. The number of tetrazole rings is 1. The molecule has 0 aliphatic rings. The van der Waals surface area contributed by atoms with Crippen LogP contribution in [-0.2, 0) is 9.59 Å². The molecule has 0 spiro atoms. The molecule has 0 aromatic carbocycles. The number of carboxylic acids is 1. The summed E-state index contributed by atoms with van der Waals surface area (Å²) in [5.74, 6) is -1.49. The fraction of sp³-hybridized carbons (Fsp3) is 0.625. The van der Waals surface area contributed by atoms with Gasteiger partial charge in [0.25, 0.3) is 0 Å². The van der Waals surface area contributed by atoms with Crippen LogP contribution in [0.5, 0.6) is 0 Å². The number of aromatic nitrogens is 4. The summed E-state index contributed by atoms with van der Waals surface area (Å²) >= 11 is 0. The van der Waals surface area contributed by atoms with E-state index >= 15 is 0 Å². The van der Waals surface area contributed by atoms with Gasteiger partial charge in [0.2, 0.25) is 5.91 Å². The molecule has 8 heteroatoms. The minimum atomic E-state index is -1.49. The summed E-state index contributed by atoms with van der Waals surface area (Å²) < 4.78 is 0. The van der Waals surface area contributed by atoms with E-state index in [9.17, 15) is 9.59 Å². The molecular weight excluding hydrogens is 214 g/mol. The molecule has 0 saturated heterocycles. The van der Waals surface area contributed by atoms with Crippen LogP contribution in [0.4, 0.5) is 0 Å². The second-order valence-corrected chi connectivity index (χ2v) is 3.90. The molecule has 0 aliphatic heterocycles. The number of carbonyl (C=O) groups excluding carboxylic acids is 1. The predicted molar refractivity (Wildman–Crippen MR) is 52.2 cm³/mol. The van der Waals surface area contributed by atoms with Crippen LogP contribution in [0.2, 0.25) is 0 Å². The lowest BCUT2D eigenvalue weighted by Gasteiger charge is -2.20. The summed E-state index contributed by atoms with van der Waals surface area (Å²) in [6.07, 6.45) is 0. The topological polar surface area (TPSA) is 121 Å². The molecule has 0 aliphatic carbocycles. The van der Waals surface area contributed by atoms with E-state index in [4.69, 9.17) is 5.11 Å². The van der Waals surface area contributed by atoms with Crippen molar-refractivity contribution in [3.63, 3.8) is 0 Å². The quantitative estimate of drug-likeness (QED) is 0.595. The summed E-state index contributed by atoms with van der Waals surface area (Å²) in [4.78, 5) is 22.5. The smallest absolute Gasteiger partial charge is 0.318 e. The van der Waals surface area contributed by atoms with Crippen LogP contribution in [0.3, 0.4) is 0 Å². The maximum atomic E-state index is 11.6. The standard InChI is InChI=1S/C8H13N5O3/c1-4(5-10-12-13-11-5)9-6(14)8(2,3)7(15)16/h4H,1-3H3,(H,9,14)(H,15,16)(H,10,11,12,13). The summed E-state index contributed by atoms with van der Waals surface area (Å²) in [5.41, 5.74) is -1.49. The highest BCUT2D eigenvalue weighted by Gasteiger charge is 2.36. The second-order valence-electron chi connectivity index (χ2n) is 3.90. The molecule has 88 valence electrons. The first-order valence-corrected chi connectivity index (χ1v) is 4.63. The Morgan fingerprint density at radius 3 is 2.56 bits per heavy atom. The number of carboxylic acid groups (broad SMARTS) is 1. The van der Waals surface area contributed by atoms with Gasteiger partial charge in [-0.15, -0.1) is 10.2 Å². The second kappa shape index (κ2) is 4.25. The van der Waals surface area contributed by atoms with Crippen LogP contribution in [0.25, 0.3) is 0 Å². The van der Waals surface area contributed by atoms with Crippen LogP contribution < -0.4 is 5.32 Å². The number of hydrogen-bond donors (Lipinski definition) is 3. The molecule has 1 atom stereocenters. The van der Waals surface area contributed by atoms with Gasteiger partial charge < -0.3 is 10.4 Å². The molecule has 8 nitrogen and oxygen atoms in total. The van der Waals surface area contributed by atoms with Gasteiger partial charge in [0.1, 0.15) is 5.41 Å². The summed E-state index contributed by atoms with van der Waals surface area (Å²) in [5, 5.41) is 24.3. The van der Waals surface area contributed by atoms with E-state index in [0.29, 0.717) is 5.82 Å². The number of aromatic amines is 1. The predicted octanol–water partition coefficient (Wildman–Crippen LogP) is -0.512. The largest absolute Gasteiger partial charge is 0.480 e. The first-order valence-electron chi connectivity index (χ1n) is 4.63. The zero-order valence-electron chi connectivity index (χ0n) is 9.18. The van der Waals surface area contributed by atoms with Crippen molar-refractivity contribution in [3.05, 3.63) is 5.82 Å². The fourth-order valence-corrected chi connectivity index (χ4v) is 0.892. The first kappa shape index (κ1) is 12.1. The third-order valence-corrected chi connectivity index (χ3v) is 2.20. The van der Waals surface area contributed by atoms with Gasteiger partial charge in [0.05, 0.1) is 6.04 Å². The number of rotatable bonds is 4. The van der Waals surface area contributed by atoms with Crippen molar-refractivity contribution < 1.29 is 14.7 Å². The highest BCUT2D eigenvalue weighted by molar-refractivity contribution is 6.01. The molecular formula is C8H13N5O3. The van der Waals surface area contributed by atoms with Crippen molar-refractivity contribution in [1.82, 2.24) is 25.9 Å². The maximum absolute atomic E-state index is 11.6. The number of H-pyrrole nitrogens is 1. The number of aliphatic carboxylic acids is 1. The minimum absolute atomic E-state index is 0.300. The molecule has 1 aromatic rings. The lowest BCUT2D eigenvalue weighted by molar-refractivity contribution is -0.153. The zero-order chi connectivity index (χ0) is 12.3. The van der Waals surface area contributed by atoms with Crippen molar-refractivity contribution >= 4 is 11.9 Å². The van der Waals surface area contributed by atoms with Gasteiger partial charge in [-0.05, 0) is 20.8 Å². The summed E-state index contributed by atoms with van der Waals surface area (Å²) in [6, 6.07) is -0.495. The van der Waals surface area contributed by atoms with E-state index in [0.717, 1.165) is 0 Å². The van der Waals surface area contributed by atoms with Crippen molar-refractivity contribution in [1.29, 1.82) is 0 Å². The van der Waals surface area contributed by atoms with Gasteiger partial charge in [-0.3, -0.25) is 9.59 Å². The fourth-order valence-electron chi connectivity index (χ4n) is 0.892. The van der Waals surface area contributed by atoms with Crippen LogP contribution in [0, 0.1) is 5.41 Å².